The molecule has 22 heavy (non-hydrogen) atoms. The van der Waals surface area contributed by atoms with Crippen LogP contribution in [0.15, 0.2) is 30.3 Å². The lowest BCUT2D eigenvalue weighted by Gasteiger charge is -2.19. The highest BCUT2D eigenvalue weighted by atomic mass is 35.5. The Morgan fingerprint density at radius 2 is 1.73 bits per heavy atom. The highest BCUT2D eigenvalue weighted by molar-refractivity contribution is 6.26. The molecule has 0 unspecified atom stereocenters. The number of hydrogen-bond donors (Lipinski definition) is 2. The van der Waals surface area contributed by atoms with Crippen LogP contribution in [0, 0.1) is 0 Å². The summed E-state index contributed by atoms with van der Waals surface area (Å²) in [6.07, 6.45) is 0. The van der Waals surface area contributed by atoms with Crippen LogP contribution in [0.2, 0.25) is 0 Å². The summed E-state index contributed by atoms with van der Waals surface area (Å²) in [5.41, 5.74) is 2.05. The molecule has 0 radical (unpaired) electrons. The van der Waals surface area contributed by atoms with Gasteiger partial charge in [-0.25, -0.2) is 0 Å². The van der Waals surface area contributed by atoms with Crippen LogP contribution >= 0.6 is 12.4 Å². The maximum Gasteiger partial charge on any atom is 0.258 e. The summed E-state index contributed by atoms with van der Waals surface area (Å²) < 4.78 is 0. The smallest absolute Gasteiger partial charge is 0.258 e. The number of rotatable bonds is 4. The largest absolute Gasteiger partial charge is 0.383 e. The maximum absolute atomic E-state index is 11.9. The van der Waals surface area contributed by atoms with Crippen molar-refractivity contribution >= 4 is 40.7 Å². The SMILES string of the molecule is CN(C)CCNc1ccc2c3c(cccc13)C(=O)NC2=O.Cl. The molecule has 2 aromatic carbocycles. The van der Waals surface area contributed by atoms with Crippen LogP contribution in [0.25, 0.3) is 10.8 Å². The molecule has 116 valence electrons. The molecule has 0 aromatic heterocycles. The molecule has 2 N–H and O–H groups in total. The standard InChI is InChI=1S/C16H17N3O2.ClH/c1-19(2)9-8-17-13-7-6-12-14-10(13)4-3-5-11(14)15(20)18-16(12)21;/h3-7,17H,8-9H2,1-2H3,(H,18,20,21);1H. The normalized spacial score (nSPS) is 13.0. The van der Waals surface area contributed by atoms with Crippen molar-refractivity contribution in [3.8, 4) is 0 Å². The molecule has 0 saturated carbocycles. The molecule has 0 saturated heterocycles. The van der Waals surface area contributed by atoms with Gasteiger partial charge in [-0.2, -0.15) is 0 Å². The number of carbonyl (C=O) groups excluding carboxylic acids is 2. The topological polar surface area (TPSA) is 61.4 Å². The van der Waals surface area contributed by atoms with E-state index in [-0.39, 0.29) is 24.2 Å². The first-order chi connectivity index (χ1) is 10.1. The van der Waals surface area contributed by atoms with E-state index < -0.39 is 0 Å². The Balaban J connectivity index is 0.00000176. The van der Waals surface area contributed by atoms with Crippen LogP contribution in [0.5, 0.6) is 0 Å². The minimum Gasteiger partial charge on any atom is -0.383 e. The Kier molecular flexibility index (Phi) is 4.68. The molecule has 5 nitrogen and oxygen atoms in total. The Morgan fingerprint density at radius 3 is 2.41 bits per heavy atom. The van der Waals surface area contributed by atoms with Crippen molar-refractivity contribution in [1.29, 1.82) is 0 Å². The van der Waals surface area contributed by atoms with Gasteiger partial charge in [-0.05, 0) is 32.3 Å². The maximum atomic E-state index is 11.9. The van der Waals surface area contributed by atoms with E-state index in [1.54, 1.807) is 12.1 Å². The zero-order valence-corrected chi connectivity index (χ0v) is 13.3. The monoisotopic (exact) mass is 319 g/mol. The van der Waals surface area contributed by atoms with Crippen LogP contribution in [-0.2, 0) is 0 Å². The van der Waals surface area contributed by atoms with Gasteiger partial charge in [0.1, 0.15) is 0 Å². The van der Waals surface area contributed by atoms with E-state index in [4.69, 9.17) is 0 Å². The van der Waals surface area contributed by atoms with Gasteiger partial charge in [-0.1, -0.05) is 12.1 Å². The van der Waals surface area contributed by atoms with Crippen molar-refractivity contribution in [3.05, 3.63) is 41.5 Å². The molecule has 0 bridgehead atoms. The third-order valence-corrected chi connectivity index (χ3v) is 3.63. The van der Waals surface area contributed by atoms with Crippen molar-refractivity contribution in [1.82, 2.24) is 10.2 Å². The first-order valence-corrected chi connectivity index (χ1v) is 6.88. The predicted octanol–water partition coefficient (Wildman–Crippen LogP) is 2.12. The number of benzene rings is 2. The second-order valence-corrected chi connectivity index (χ2v) is 5.40. The van der Waals surface area contributed by atoms with Gasteiger partial charge >= 0.3 is 0 Å². The van der Waals surface area contributed by atoms with Gasteiger partial charge in [0.25, 0.3) is 11.8 Å². The fourth-order valence-electron chi connectivity index (χ4n) is 2.59. The zero-order valence-electron chi connectivity index (χ0n) is 12.5. The van der Waals surface area contributed by atoms with E-state index in [0.717, 1.165) is 29.5 Å². The van der Waals surface area contributed by atoms with E-state index >= 15 is 0 Å². The molecule has 2 amide bonds. The Morgan fingerprint density at radius 1 is 1.05 bits per heavy atom. The van der Waals surface area contributed by atoms with Crippen LogP contribution in [0.4, 0.5) is 5.69 Å². The lowest BCUT2D eigenvalue weighted by molar-refractivity contribution is 0.0845. The lowest BCUT2D eigenvalue weighted by Crippen LogP contribution is -2.34. The average molecular weight is 320 g/mol. The molecule has 1 heterocycles. The Labute approximate surface area is 135 Å². The summed E-state index contributed by atoms with van der Waals surface area (Å²) in [4.78, 5) is 26.0. The first kappa shape index (κ1) is 16.3. The van der Waals surface area contributed by atoms with Gasteiger partial charge in [-0.3, -0.25) is 14.9 Å². The van der Waals surface area contributed by atoms with Crippen LogP contribution in [0.1, 0.15) is 20.7 Å². The van der Waals surface area contributed by atoms with Crippen LogP contribution < -0.4 is 10.6 Å². The zero-order chi connectivity index (χ0) is 15.0. The predicted molar refractivity (Wildman–Crippen MR) is 90.0 cm³/mol. The number of imide groups is 1. The summed E-state index contributed by atoms with van der Waals surface area (Å²) in [6.45, 7) is 1.70. The highest BCUT2D eigenvalue weighted by Crippen LogP contribution is 2.31. The lowest BCUT2D eigenvalue weighted by atomic mass is 9.94. The average Bonchev–Trinajstić information content (AvgIpc) is 2.45. The fraction of sp³-hybridized carbons (Fsp3) is 0.250. The molecule has 1 aliphatic heterocycles. The fourth-order valence-corrected chi connectivity index (χ4v) is 2.59. The number of likely N-dealkylation sites (N-methyl/N-ethyl adjacent to an activating group) is 1. The van der Waals surface area contributed by atoms with E-state index in [1.807, 2.05) is 32.3 Å². The van der Waals surface area contributed by atoms with Gasteiger partial charge in [-0.15, -0.1) is 12.4 Å². The molecule has 2 aromatic rings. The minimum atomic E-state index is -0.330. The second kappa shape index (κ2) is 6.34. The molecule has 0 atom stereocenters. The van der Waals surface area contributed by atoms with Gasteiger partial charge in [0.05, 0.1) is 0 Å². The number of nitrogens with zero attached hydrogens (tertiary/aromatic N) is 1. The van der Waals surface area contributed by atoms with Crippen molar-refractivity contribution in [2.24, 2.45) is 0 Å². The summed E-state index contributed by atoms with van der Waals surface area (Å²) in [5, 5.41) is 7.38. The molecule has 0 fully saturated rings. The van der Waals surface area contributed by atoms with E-state index in [2.05, 4.69) is 15.5 Å². The summed E-state index contributed by atoms with van der Waals surface area (Å²) in [6, 6.07) is 9.19. The highest BCUT2D eigenvalue weighted by Gasteiger charge is 2.25. The number of amides is 2. The molecule has 3 rings (SSSR count). The van der Waals surface area contributed by atoms with Crippen LogP contribution in [0.3, 0.4) is 0 Å². The number of carbonyl (C=O) groups is 2. The number of anilines is 1. The molecular formula is C16H18ClN3O2. The number of nitrogens with one attached hydrogen (secondary N) is 2. The molecule has 0 spiro atoms. The van der Waals surface area contributed by atoms with Gasteiger partial charge in [0.2, 0.25) is 0 Å². The number of halogens is 1. The Bertz CT molecular complexity index is 723. The Hall–Kier alpha value is -2.11. The van der Waals surface area contributed by atoms with E-state index in [9.17, 15) is 9.59 Å². The summed E-state index contributed by atoms with van der Waals surface area (Å²) in [7, 11) is 4.03. The second-order valence-electron chi connectivity index (χ2n) is 5.40. The van der Waals surface area contributed by atoms with Crippen molar-refractivity contribution in [2.75, 3.05) is 32.5 Å². The van der Waals surface area contributed by atoms with Gasteiger partial charge in [0.15, 0.2) is 0 Å². The molecule has 1 aliphatic rings. The van der Waals surface area contributed by atoms with E-state index in [0.29, 0.717) is 11.1 Å². The third kappa shape index (κ3) is 2.77. The van der Waals surface area contributed by atoms with Gasteiger partial charge < -0.3 is 10.2 Å². The quantitative estimate of drug-likeness (QED) is 0.847. The van der Waals surface area contributed by atoms with Crippen molar-refractivity contribution in [3.63, 3.8) is 0 Å². The number of hydrogen-bond acceptors (Lipinski definition) is 4. The van der Waals surface area contributed by atoms with Crippen molar-refractivity contribution < 1.29 is 9.59 Å². The summed E-state index contributed by atoms with van der Waals surface area (Å²) in [5.74, 6) is -0.660. The van der Waals surface area contributed by atoms with Gasteiger partial charge in [0, 0.05) is 40.7 Å². The van der Waals surface area contributed by atoms with E-state index in [1.165, 1.54) is 0 Å². The minimum absolute atomic E-state index is 0. The third-order valence-electron chi connectivity index (χ3n) is 3.63. The summed E-state index contributed by atoms with van der Waals surface area (Å²) >= 11 is 0. The molecule has 0 aliphatic carbocycles. The first-order valence-electron chi connectivity index (χ1n) is 6.88. The molecular weight excluding hydrogens is 302 g/mol. The van der Waals surface area contributed by atoms with Crippen molar-refractivity contribution in [2.45, 2.75) is 0 Å². The van der Waals surface area contributed by atoms with Crippen LogP contribution in [-0.4, -0.2) is 43.9 Å². The molecule has 6 heteroatoms.